The van der Waals surface area contributed by atoms with Crippen LogP contribution in [0.15, 0.2) is 64.4 Å². The summed E-state index contributed by atoms with van der Waals surface area (Å²) in [6.45, 7) is -0.675. The van der Waals surface area contributed by atoms with Crippen molar-refractivity contribution in [2.24, 2.45) is 7.05 Å². The first kappa shape index (κ1) is 32.2. The molecule has 240 valence electrons. The molecule has 19 heteroatoms. The number of halogens is 6. The Morgan fingerprint density at radius 3 is 2.33 bits per heavy atom. The van der Waals surface area contributed by atoms with E-state index in [-0.39, 0.29) is 31.7 Å². The maximum atomic E-state index is 13.6. The van der Waals surface area contributed by atoms with Crippen molar-refractivity contribution in [2.45, 2.75) is 30.0 Å². The molecule has 4 aromatic rings. The number of aryl methyl sites for hydroxylation is 1. The van der Waals surface area contributed by atoms with E-state index in [0.29, 0.717) is 27.5 Å². The van der Waals surface area contributed by atoms with Gasteiger partial charge < -0.3 is 15.0 Å². The number of alkyl halides is 6. The van der Waals surface area contributed by atoms with Crippen LogP contribution in [0.5, 0.6) is 5.75 Å². The van der Waals surface area contributed by atoms with Crippen molar-refractivity contribution in [1.82, 2.24) is 24.4 Å². The predicted molar refractivity (Wildman–Crippen MR) is 149 cm³/mol. The third-order valence-corrected chi connectivity index (χ3v) is 9.78. The molecule has 1 fully saturated rings. The molecular formula is C26H22F6N6O5S2. The van der Waals surface area contributed by atoms with Crippen LogP contribution in [0.2, 0.25) is 0 Å². The zero-order valence-corrected chi connectivity index (χ0v) is 24.6. The van der Waals surface area contributed by atoms with Gasteiger partial charge in [-0.25, -0.2) is 18.1 Å². The number of fused-ring (bicyclic) bond motifs is 1. The van der Waals surface area contributed by atoms with Crippen molar-refractivity contribution in [3.05, 3.63) is 76.2 Å². The number of nitrogens with one attached hydrogen (secondary N) is 1. The highest BCUT2D eigenvalue weighted by Crippen LogP contribution is 2.33. The van der Waals surface area contributed by atoms with Crippen molar-refractivity contribution < 1.29 is 44.3 Å². The molecule has 5 rings (SSSR count). The van der Waals surface area contributed by atoms with E-state index in [1.165, 1.54) is 25.4 Å². The van der Waals surface area contributed by atoms with Gasteiger partial charge in [0.25, 0.3) is 5.56 Å². The van der Waals surface area contributed by atoms with Gasteiger partial charge in [-0.1, -0.05) is 23.5 Å². The number of benzene rings is 2. The van der Waals surface area contributed by atoms with Crippen molar-refractivity contribution in [1.29, 1.82) is 0 Å². The molecule has 1 aliphatic rings. The number of amides is 1. The van der Waals surface area contributed by atoms with Crippen LogP contribution in [0.4, 0.5) is 31.5 Å². The monoisotopic (exact) mass is 676 g/mol. The molecule has 0 saturated carbocycles. The number of carbonyl (C=O) groups excluding carboxylic acids is 1. The number of carbonyl (C=O) groups is 1. The van der Waals surface area contributed by atoms with E-state index >= 15 is 0 Å². The number of sulfonamides is 1. The number of ether oxygens (including phenoxy) is 1. The molecule has 1 N–H and O–H groups in total. The molecule has 0 unspecified atom stereocenters. The molecule has 1 saturated heterocycles. The molecule has 2 aromatic carbocycles. The van der Waals surface area contributed by atoms with Gasteiger partial charge in [0.2, 0.25) is 15.9 Å². The van der Waals surface area contributed by atoms with Crippen LogP contribution >= 0.6 is 11.3 Å². The molecule has 2 aromatic heterocycles. The summed E-state index contributed by atoms with van der Waals surface area (Å²) in [7, 11) is -3.04. The third kappa shape index (κ3) is 7.04. The molecule has 1 amide bonds. The minimum absolute atomic E-state index is 0.0257. The lowest BCUT2D eigenvalue weighted by Crippen LogP contribution is -2.60. The number of hydrogen-bond donors (Lipinski definition) is 1. The van der Waals surface area contributed by atoms with Crippen LogP contribution in [0.3, 0.4) is 0 Å². The van der Waals surface area contributed by atoms with E-state index in [1.54, 1.807) is 4.90 Å². The van der Waals surface area contributed by atoms with Gasteiger partial charge in [0.15, 0.2) is 10.6 Å². The summed E-state index contributed by atoms with van der Waals surface area (Å²) in [5.41, 5.74) is -1.01. The van der Waals surface area contributed by atoms with Crippen LogP contribution in [0.25, 0.3) is 10.2 Å². The second-order valence-corrected chi connectivity index (χ2v) is 12.7. The quantitative estimate of drug-likeness (QED) is 0.295. The Balaban J connectivity index is 1.41. The van der Waals surface area contributed by atoms with Crippen LogP contribution in [-0.2, 0) is 34.6 Å². The Morgan fingerprint density at radius 2 is 1.71 bits per heavy atom. The molecule has 11 nitrogen and oxygen atoms in total. The van der Waals surface area contributed by atoms with Crippen LogP contribution < -0.4 is 20.5 Å². The average molecular weight is 677 g/mol. The fraction of sp³-hybridized carbons (Fsp3) is 0.308. The van der Waals surface area contributed by atoms with Gasteiger partial charge >= 0.3 is 12.5 Å². The number of thiazole rings is 1. The first-order valence-electron chi connectivity index (χ1n) is 12.9. The van der Waals surface area contributed by atoms with Gasteiger partial charge in [-0.2, -0.15) is 22.6 Å². The van der Waals surface area contributed by atoms with E-state index in [9.17, 15) is 44.3 Å². The molecule has 1 atom stereocenters. The largest absolute Gasteiger partial charge is 0.573 e. The first-order valence-corrected chi connectivity index (χ1v) is 15.2. The smallest absolute Gasteiger partial charge is 0.406 e. The van der Waals surface area contributed by atoms with Gasteiger partial charge in [-0.3, -0.25) is 9.59 Å². The molecule has 0 spiro atoms. The van der Waals surface area contributed by atoms with Gasteiger partial charge in [0.1, 0.15) is 11.8 Å². The molecule has 1 aliphatic heterocycles. The average Bonchev–Trinajstić information content (AvgIpc) is 3.42. The Bertz CT molecular complexity index is 1880. The van der Waals surface area contributed by atoms with Crippen LogP contribution in [-0.4, -0.2) is 65.4 Å². The maximum absolute atomic E-state index is 13.6. The Hall–Kier alpha value is -4.23. The second kappa shape index (κ2) is 11.9. The van der Waals surface area contributed by atoms with Crippen LogP contribution in [0.1, 0.15) is 11.1 Å². The normalized spacial score (nSPS) is 16.6. The highest BCUT2D eigenvalue weighted by molar-refractivity contribution is 7.89. The summed E-state index contributed by atoms with van der Waals surface area (Å²) >= 11 is 1.11. The van der Waals surface area contributed by atoms with Crippen molar-refractivity contribution >= 4 is 42.6 Å². The fourth-order valence-corrected chi connectivity index (χ4v) is 7.08. The standard InChI is InChI=1S/C26H22F6N6O5S2/c1-36-23(40)21-20(13-34-36)44-24(35-21)37-10-11-38(45(41,42)18-8-4-16(5-9-18)25(27,28)29)19(14-37)22(39)33-12-15-2-6-17(7-3-15)43-26(30,31)32/h2-9,13,19H,10-12,14H2,1H3,(H,33,39)/t19-/m1/s1. The summed E-state index contributed by atoms with van der Waals surface area (Å²) in [6, 6.07) is 6.10. The van der Waals surface area contributed by atoms with E-state index in [2.05, 4.69) is 20.1 Å². The molecule has 0 radical (unpaired) electrons. The zero-order chi connectivity index (χ0) is 32.7. The third-order valence-electron chi connectivity index (χ3n) is 6.80. The summed E-state index contributed by atoms with van der Waals surface area (Å²) in [4.78, 5) is 31.5. The summed E-state index contributed by atoms with van der Waals surface area (Å²) in [5, 5.41) is 6.84. The number of nitrogens with zero attached hydrogens (tertiary/aromatic N) is 5. The predicted octanol–water partition coefficient (Wildman–Crippen LogP) is 3.50. The van der Waals surface area contributed by atoms with E-state index in [0.717, 1.165) is 44.6 Å². The Kier molecular flexibility index (Phi) is 8.53. The van der Waals surface area contributed by atoms with Gasteiger partial charge in [0, 0.05) is 33.2 Å². The van der Waals surface area contributed by atoms with Gasteiger partial charge in [-0.15, -0.1) is 13.2 Å². The number of aromatic nitrogens is 3. The van der Waals surface area contributed by atoms with Crippen LogP contribution in [0, 0.1) is 0 Å². The lowest BCUT2D eigenvalue weighted by molar-refractivity contribution is -0.274. The lowest BCUT2D eigenvalue weighted by Gasteiger charge is -2.39. The SMILES string of the molecule is Cn1ncc2sc(N3CCN(S(=O)(=O)c4ccc(C(F)(F)F)cc4)[C@@H](C(=O)NCc4ccc(OC(F)(F)F)cc4)C3)nc2c1=O. The molecule has 0 bridgehead atoms. The van der Waals surface area contributed by atoms with Crippen molar-refractivity contribution in [2.75, 3.05) is 24.5 Å². The lowest BCUT2D eigenvalue weighted by atomic mass is 10.1. The Morgan fingerprint density at radius 1 is 1.04 bits per heavy atom. The highest BCUT2D eigenvalue weighted by Gasteiger charge is 2.41. The second-order valence-electron chi connectivity index (χ2n) is 9.79. The first-order chi connectivity index (χ1) is 21.0. The molecule has 3 heterocycles. The fourth-order valence-electron chi connectivity index (χ4n) is 4.55. The van der Waals surface area contributed by atoms with E-state index in [4.69, 9.17) is 0 Å². The summed E-state index contributed by atoms with van der Waals surface area (Å²) < 4.78 is 110. The number of anilines is 1. The topological polar surface area (TPSA) is 127 Å². The Labute approximate surface area is 254 Å². The summed E-state index contributed by atoms with van der Waals surface area (Å²) in [5.74, 6) is -1.26. The minimum atomic E-state index is -4.89. The highest BCUT2D eigenvalue weighted by atomic mass is 32.2. The number of hydrogen-bond acceptors (Lipinski definition) is 9. The molecule has 45 heavy (non-hydrogen) atoms. The number of piperazine rings is 1. The van der Waals surface area contributed by atoms with E-state index < -0.39 is 56.3 Å². The summed E-state index contributed by atoms with van der Waals surface area (Å²) in [6.07, 6.45) is -8.14. The van der Waals surface area contributed by atoms with Gasteiger partial charge in [-0.05, 0) is 42.0 Å². The maximum Gasteiger partial charge on any atom is 0.573 e. The van der Waals surface area contributed by atoms with E-state index in [1.807, 2.05) is 0 Å². The van der Waals surface area contributed by atoms with Gasteiger partial charge in [0.05, 0.1) is 21.4 Å². The number of rotatable bonds is 7. The minimum Gasteiger partial charge on any atom is -0.406 e. The molecule has 0 aliphatic carbocycles. The van der Waals surface area contributed by atoms with Crippen molar-refractivity contribution in [3.8, 4) is 5.75 Å². The van der Waals surface area contributed by atoms with Crippen molar-refractivity contribution in [3.63, 3.8) is 0 Å². The zero-order valence-electron chi connectivity index (χ0n) is 23.0. The molecular weight excluding hydrogens is 654 g/mol.